The highest BCUT2D eigenvalue weighted by Crippen LogP contribution is 2.31. The first-order valence-electron chi connectivity index (χ1n) is 14.0. The van der Waals surface area contributed by atoms with Gasteiger partial charge < -0.3 is 23.5 Å². The summed E-state index contributed by atoms with van der Waals surface area (Å²) in [6, 6.07) is 12.9. The van der Waals surface area contributed by atoms with Crippen LogP contribution < -0.4 is 4.74 Å². The predicted molar refractivity (Wildman–Crippen MR) is 158 cm³/mol. The number of hydrogen-bond acceptors (Lipinski definition) is 5. The minimum atomic E-state index is -0.472. The number of piperidine rings is 1. The molecule has 4 heterocycles. The van der Waals surface area contributed by atoms with E-state index >= 15 is 0 Å². The van der Waals surface area contributed by atoms with E-state index in [1.54, 1.807) is 16.2 Å². The van der Waals surface area contributed by atoms with Crippen LogP contribution in [0.3, 0.4) is 0 Å². The molecule has 0 spiro atoms. The monoisotopic (exact) mass is 548 g/mol. The molecule has 39 heavy (non-hydrogen) atoms. The first-order valence-corrected chi connectivity index (χ1v) is 14.9. The Bertz CT molecular complexity index is 1420. The highest BCUT2D eigenvalue weighted by Gasteiger charge is 2.27. The van der Waals surface area contributed by atoms with E-state index in [-0.39, 0.29) is 12.2 Å². The molecule has 0 saturated carbocycles. The Morgan fingerprint density at radius 3 is 2.67 bits per heavy atom. The lowest BCUT2D eigenvalue weighted by molar-refractivity contribution is 0.0126. The van der Waals surface area contributed by atoms with Crippen LogP contribution in [0.1, 0.15) is 58.2 Å². The average Bonchev–Trinajstić information content (AvgIpc) is 3.60. The van der Waals surface area contributed by atoms with Gasteiger partial charge in [-0.1, -0.05) is 19.1 Å². The van der Waals surface area contributed by atoms with Crippen molar-refractivity contribution in [2.75, 3.05) is 13.1 Å². The van der Waals surface area contributed by atoms with Gasteiger partial charge in [0.05, 0.1) is 15.9 Å². The van der Waals surface area contributed by atoms with Crippen LogP contribution in [0.25, 0.3) is 21.7 Å². The predicted octanol–water partition coefficient (Wildman–Crippen LogP) is 7.08. The average molecular weight is 549 g/mol. The van der Waals surface area contributed by atoms with Crippen LogP contribution >= 0.6 is 11.3 Å². The molecule has 0 unspecified atom stereocenters. The number of aryl methyl sites for hydroxylation is 3. The van der Waals surface area contributed by atoms with Crippen LogP contribution in [0.15, 0.2) is 48.0 Å². The second-order valence-corrected chi connectivity index (χ2v) is 12.3. The molecule has 1 aliphatic heterocycles. The fourth-order valence-corrected chi connectivity index (χ4v) is 6.15. The first-order chi connectivity index (χ1) is 18.7. The fourth-order valence-electron chi connectivity index (χ4n) is 5.30. The molecular formula is C31H40N4O3S. The van der Waals surface area contributed by atoms with Crippen molar-refractivity contribution in [3.8, 4) is 17.3 Å². The number of amides is 1. The third-order valence-corrected chi connectivity index (χ3v) is 8.19. The van der Waals surface area contributed by atoms with Gasteiger partial charge in [0.1, 0.15) is 17.5 Å². The van der Waals surface area contributed by atoms with Crippen molar-refractivity contribution < 1.29 is 14.3 Å². The molecule has 4 aromatic rings. The fraction of sp³-hybridized carbons (Fsp3) is 0.484. The Kier molecular flexibility index (Phi) is 8.03. The number of rotatable bonds is 8. The summed E-state index contributed by atoms with van der Waals surface area (Å²) in [5.41, 5.74) is 4.50. The van der Waals surface area contributed by atoms with Crippen LogP contribution in [0.5, 0.6) is 5.75 Å². The molecule has 0 N–H and O–H groups in total. The van der Waals surface area contributed by atoms with E-state index in [1.165, 1.54) is 27.2 Å². The number of benzene rings is 1. The smallest absolute Gasteiger partial charge is 0.410 e. The van der Waals surface area contributed by atoms with Crippen molar-refractivity contribution in [3.63, 3.8) is 0 Å². The summed E-state index contributed by atoms with van der Waals surface area (Å²) >= 11 is 1.77. The van der Waals surface area contributed by atoms with Gasteiger partial charge in [0, 0.05) is 51.4 Å². The van der Waals surface area contributed by atoms with Crippen LogP contribution in [0, 0.1) is 0 Å². The molecule has 0 bridgehead atoms. The topological polar surface area (TPSA) is 61.5 Å². The zero-order chi connectivity index (χ0) is 27.6. The molecule has 7 nitrogen and oxygen atoms in total. The molecule has 1 amide bonds. The van der Waals surface area contributed by atoms with E-state index in [2.05, 4.69) is 58.8 Å². The minimum absolute atomic E-state index is 0.111. The van der Waals surface area contributed by atoms with E-state index < -0.39 is 5.60 Å². The molecule has 8 heteroatoms. The molecule has 1 aromatic carbocycles. The number of thiophene rings is 1. The molecule has 1 fully saturated rings. The summed E-state index contributed by atoms with van der Waals surface area (Å²) in [5.74, 6) is 1.96. The number of carbonyl (C=O) groups is 1. The summed E-state index contributed by atoms with van der Waals surface area (Å²) in [7, 11) is 2.13. The third kappa shape index (κ3) is 6.32. The van der Waals surface area contributed by atoms with E-state index in [4.69, 9.17) is 14.5 Å². The lowest BCUT2D eigenvalue weighted by Gasteiger charge is -2.33. The lowest BCUT2D eigenvalue weighted by atomic mass is 10.1. The van der Waals surface area contributed by atoms with E-state index in [0.29, 0.717) is 13.1 Å². The molecule has 0 atom stereocenters. The van der Waals surface area contributed by atoms with Crippen molar-refractivity contribution in [2.45, 2.75) is 78.0 Å². The normalized spacial score (nSPS) is 14.7. The van der Waals surface area contributed by atoms with Crippen molar-refractivity contribution in [2.24, 2.45) is 7.05 Å². The SMILES string of the molecule is CCc1cnc(-c2cc3sccc3n2C)n1CCCc1cccc(OC2CCN(C(=O)OC(C)(C)C)CC2)c1. The Morgan fingerprint density at radius 2 is 1.95 bits per heavy atom. The molecular weight excluding hydrogens is 508 g/mol. The van der Waals surface area contributed by atoms with Gasteiger partial charge in [0.15, 0.2) is 5.82 Å². The summed E-state index contributed by atoms with van der Waals surface area (Å²) in [6.45, 7) is 10.1. The second-order valence-electron chi connectivity index (χ2n) is 11.4. The van der Waals surface area contributed by atoms with Gasteiger partial charge >= 0.3 is 6.09 Å². The molecule has 208 valence electrons. The summed E-state index contributed by atoms with van der Waals surface area (Å²) in [4.78, 5) is 19.0. The second kappa shape index (κ2) is 11.5. The number of carbonyl (C=O) groups excluding carboxylic acids is 1. The van der Waals surface area contributed by atoms with Gasteiger partial charge in [-0.25, -0.2) is 9.78 Å². The Balaban J connectivity index is 1.17. The summed E-state index contributed by atoms with van der Waals surface area (Å²) < 4.78 is 17.8. The maximum Gasteiger partial charge on any atom is 0.410 e. The van der Waals surface area contributed by atoms with E-state index in [1.807, 2.05) is 33.0 Å². The van der Waals surface area contributed by atoms with Crippen molar-refractivity contribution in [3.05, 3.63) is 59.2 Å². The molecule has 5 rings (SSSR count). The zero-order valence-electron chi connectivity index (χ0n) is 23.8. The van der Waals surface area contributed by atoms with E-state index in [0.717, 1.165) is 50.2 Å². The zero-order valence-corrected chi connectivity index (χ0v) is 24.6. The maximum absolute atomic E-state index is 12.4. The Morgan fingerprint density at radius 1 is 1.15 bits per heavy atom. The number of fused-ring (bicyclic) bond motifs is 1. The summed E-state index contributed by atoms with van der Waals surface area (Å²) in [5, 5.41) is 2.14. The molecule has 1 aliphatic rings. The standard InChI is InChI=1S/C31H40N4O3S/c1-6-23-21-32-29(27-20-28-26(33(27)5)14-18-39-28)35(23)15-8-10-22-9-7-11-25(19-22)37-24-12-16-34(17-13-24)30(36)38-31(2,3)4/h7,9,11,14,18-21,24H,6,8,10,12-13,15-17H2,1-5H3. The number of likely N-dealkylation sites (tertiary alicyclic amines) is 1. The number of aromatic nitrogens is 3. The maximum atomic E-state index is 12.4. The largest absolute Gasteiger partial charge is 0.490 e. The van der Waals surface area contributed by atoms with Gasteiger partial charge in [-0.2, -0.15) is 0 Å². The lowest BCUT2D eigenvalue weighted by Crippen LogP contribution is -2.44. The highest BCUT2D eigenvalue weighted by molar-refractivity contribution is 7.17. The summed E-state index contributed by atoms with van der Waals surface area (Å²) in [6.07, 6.45) is 6.47. The van der Waals surface area contributed by atoms with Gasteiger partial charge in [-0.15, -0.1) is 11.3 Å². The van der Waals surface area contributed by atoms with Crippen molar-refractivity contribution in [1.82, 2.24) is 19.0 Å². The molecule has 3 aromatic heterocycles. The van der Waals surface area contributed by atoms with Crippen molar-refractivity contribution in [1.29, 1.82) is 0 Å². The van der Waals surface area contributed by atoms with Crippen LogP contribution in [0.2, 0.25) is 0 Å². The Labute approximate surface area is 235 Å². The minimum Gasteiger partial charge on any atom is -0.490 e. The molecule has 0 aliphatic carbocycles. The van der Waals surface area contributed by atoms with Gasteiger partial charge in [0.25, 0.3) is 0 Å². The first kappa shape index (κ1) is 27.3. The van der Waals surface area contributed by atoms with Gasteiger partial charge in [-0.05, 0) is 75.2 Å². The van der Waals surface area contributed by atoms with Crippen LogP contribution in [0.4, 0.5) is 4.79 Å². The number of imidazole rings is 1. The number of ether oxygens (including phenoxy) is 2. The Hall–Kier alpha value is -3.26. The van der Waals surface area contributed by atoms with Crippen LogP contribution in [-0.2, 0) is 31.2 Å². The van der Waals surface area contributed by atoms with Crippen molar-refractivity contribution >= 4 is 27.6 Å². The van der Waals surface area contributed by atoms with Gasteiger partial charge in [0.2, 0.25) is 0 Å². The highest BCUT2D eigenvalue weighted by atomic mass is 32.1. The number of nitrogens with zero attached hydrogens (tertiary/aromatic N) is 4. The third-order valence-electron chi connectivity index (χ3n) is 7.34. The number of hydrogen-bond donors (Lipinski definition) is 0. The quantitative estimate of drug-likeness (QED) is 0.236. The van der Waals surface area contributed by atoms with Crippen LogP contribution in [-0.4, -0.2) is 49.9 Å². The van der Waals surface area contributed by atoms with E-state index in [9.17, 15) is 4.79 Å². The molecule has 1 saturated heterocycles. The molecule has 0 radical (unpaired) electrons. The van der Waals surface area contributed by atoms with Gasteiger partial charge in [-0.3, -0.25) is 0 Å².